The van der Waals surface area contributed by atoms with E-state index in [1.807, 2.05) is 0 Å². The van der Waals surface area contributed by atoms with Crippen molar-refractivity contribution in [3.05, 3.63) is 0 Å². The minimum Gasteiger partial charge on any atom is -0.326 e. The fourth-order valence-electron chi connectivity index (χ4n) is 3.11. The highest BCUT2D eigenvalue weighted by atomic mass is 19.4. The largest absolute Gasteiger partial charge is 0.391 e. The summed E-state index contributed by atoms with van der Waals surface area (Å²) in [5.74, 6) is -2.18. The van der Waals surface area contributed by atoms with E-state index in [0.29, 0.717) is 25.8 Å². The van der Waals surface area contributed by atoms with Crippen molar-refractivity contribution in [1.82, 2.24) is 4.90 Å². The molecule has 0 spiro atoms. The fourth-order valence-corrected chi connectivity index (χ4v) is 3.11. The van der Waals surface area contributed by atoms with Crippen molar-refractivity contribution in [3.63, 3.8) is 0 Å². The highest BCUT2D eigenvalue weighted by Gasteiger charge is 2.45. The molecule has 0 aromatic rings. The van der Waals surface area contributed by atoms with Gasteiger partial charge < -0.3 is 4.90 Å². The normalized spacial score (nSPS) is 32.1. The summed E-state index contributed by atoms with van der Waals surface area (Å²) in [5.41, 5.74) is 0. The number of halogens is 3. The number of carbonyl (C=O) groups excluding carboxylic acids is 1. The van der Waals surface area contributed by atoms with Crippen LogP contribution in [0.4, 0.5) is 13.2 Å². The molecule has 1 aliphatic carbocycles. The number of nitriles is 1. The van der Waals surface area contributed by atoms with E-state index in [4.69, 9.17) is 5.26 Å². The van der Waals surface area contributed by atoms with Gasteiger partial charge in [0.15, 0.2) is 0 Å². The molecule has 1 aliphatic heterocycles. The smallest absolute Gasteiger partial charge is 0.326 e. The third kappa shape index (κ3) is 3.02. The van der Waals surface area contributed by atoms with Crippen LogP contribution in [0.25, 0.3) is 0 Å². The molecule has 1 saturated heterocycles. The first-order chi connectivity index (χ1) is 8.93. The standard InChI is InChI=1S/C13H17F3N2O/c14-13(15,16)10-4-1-3-9(7-10)12(19)18-6-2-5-11(18)8-17/h9-11H,1-7H2. The van der Waals surface area contributed by atoms with E-state index in [1.165, 1.54) is 4.90 Å². The van der Waals surface area contributed by atoms with Crippen LogP contribution in [-0.2, 0) is 4.79 Å². The molecule has 0 bridgehead atoms. The second-order valence-electron chi connectivity index (χ2n) is 5.42. The molecule has 0 aromatic carbocycles. The minimum absolute atomic E-state index is 0.114. The number of rotatable bonds is 1. The van der Waals surface area contributed by atoms with Crippen LogP contribution in [0.15, 0.2) is 0 Å². The van der Waals surface area contributed by atoms with E-state index in [1.54, 1.807) is 0 Å². The van der Waals surface area contributed by atoms with Crippen molar-refractivity contribution in [2.24, 2.45) is 11.8 Å². The number of amides is 1. The van der Waals surface area contributed by atoms with Crippen molar-refractivity contribution in [3.8, 4) is 6.07 Å². The first-order valence-electron chi connectivity index (χ1n) is 6.70. The average molecular weight is 274 g/mol. The Balaban J connectivity index is 2.01. The molecule has 3 nitrogen and oxygen atoms in total. The monoisotopic (exact) mass is 274 g/mol. The summed E-state index contributed by atoms with van der Waals surface area (Å²) in [6.45, 7) is 0.504. The lowest BCUT2D eigenvalue weighted by molar-refractivity contribution is -0.187. The number of hydrogen-bond acceptors (Lipinski definition) is 2. The van der Waals surface area contributed by atoms with Crippen molar-refractivity contribution in [2.75, 3.05) is 6.54 Å². The zero-order valence-corrected chi connectivity index (χ0v) is 10.6. The molecule has 1 saturated carbocycles. The number of nitrogens with zero attached hydrogens (tertiary/aromatic N) is 2. The molecule has 0 aromatic heterocycles. The van der Waals surface area contributed by atoms with Crippen LogP contribution in [-0.4, -0.2) is 29.6 Å². The highest BCUT2D eigenvalue weighted by Crippen LogP contribution is 2.40. The molecule has 2 aliphatic rings. The third-order valence-corrected chi connectivity index (χ3v) is 4.17. The van der Waals surface area contributed by atoms with Crippen LogP contribution in [0, 0.1) is 23.2 Å². The Morgan fingerprint density at radius 1 is 1.21 bits per heavy atom. The van der Waals surface area contributed by atoms with Gasteiger partial charge in [-0.05, 0) is 32.1 Å². The topological polar surface area (TPSA) is 44.1 Å². The summed E-state index contributed by atoms with van der Waals surface area (Å²) in [7, 11) is 0. The van der Waals surface area contributed by atoms with Crippen molar-refractivity contribution < 1.29 is 18.0 Å². The zero-order chi connectivity index (χ0) is 14.0. The van der Waals surface area contributed by atoms with Gasteiger partial charge in [0.05, 0.1) is 12.0 Å². The van der Waals surface area contributed by atoms with Gasteiger partial charge in [-0.1, -0.05) is 6.42 Å². The molecule has 0 radical (unpaired) electrons. The number of likely N-dealkylation sites (tertiary alicyclic amines) is 1. The lowest BCUT2D eigenvalue weighted by Gasteiger charge is -2.32. The SMILES string of the molecule is N#CC1CCCN1C(=O)C1CCCC(C(F)(F)F)C1. The molecule has 2 fully saturated rings. The molecule has 1 amide bonds. The maximum Gasteiger partial charge on any atom is 0.391 e. The molecular weight excluding hydrogens is 257 g/mol. The Hall–Kier alpha value is -1.25. The van der Waals surface area contributed by atoms with Gasteiger partial charge >= 0.3 is 6.18 Å². The van der Waals surface area contributed by atoms with Gasteiger partial charge in [-0.3, -0.25) is 4.79 Å². The van der Waals surface area contributed by atoms with Crippen LogP contribution in [0.5, 0.6) is 0 Å². The predicted molar refractivity (Wildman–Crippen MR) is 61.9 cm³/mol. The van der Waals surface area contributed by atoms with Crippen LogP contribution < -0.4 is 0 Å². The maximum atomic E-state index is 12.7. The van der Waals surface area contributed by atoms with E-state index < -0.39 is 24.1 Å². The molecular formula is C13H17F3N2O. The maximum absolute atomic E-state index is 12.7. The quantitative estimate of drug-likeness (QED) is 0.738. The van der Waals surface area contributed by atoms with E-state index in [-0.39, 0.29) is 18.7 Å². The van der Waals surface area contributed by atoms with Crippen LogP contribution in [0.3, 0.4) is 0 Å². The van der Waals surface area contributed by atoms with Gasteiger partial charge in [0, 0.05) is 12.5 Å². The molecule has 0 N–H and O–H groups in total. The van der Waals surface area contributed by atoms with Gasteiger partial charge in [-0.25, -0.2) is 0 Å². The number of carbonyl (C=O) groups is 1. The summed E-state index contributed by atoms with van der Waals surface area (Å²) in [5, 5.41) is 8.94. The Kier molecular flexibility index (Phi) is 4.02. The predicted octanol–water partition coefficient (Wildman–Crippen LogP) is 2.87. The lowest BCUT2D eigenvalue weighted by Crippen LogP contribution is -2.42. The molecule has 3 unspecified atom stereocenters. The molecule has 2 rings (SSSR count). The molecule has 1 heterocycles. The number of hydrogen-bond donors (Lipinski definition) is 0. The second-order valence-corrected chi connectivity index (χ2v) is 5.42. The molecule has 19 heavy (non-hydrogen) atoms. The van der Waals surface area contributed by atoms with Crippen LogP contribution in [0.1, 0.15) is 38.5 Å². The molecule has 106 valence electrons. The van der Waals surface area contributed by atoms with Crippen LogP contribution in [0.2, 0.25) is 0 Å². The zero-order valence-electron chi connectivity index (χ0n) is 10.6. The fraction of sp³-hybridized carbons (Fsp3) is 0.846. The second kappa shape index (κ2) is 5.40. The third-order valence-electron chi connectivity index (χ3n) is 4.17. The van der Waals surface area contributed by atoms with Crippen molar-refractivity contribution in [1.29, 1.82) is 5.26 Å². The average Bonchev–Trinajstić information content (AvgIpc) is 2.85. The van der Waals surface area contributed by atoms with E-state index in [9.17, 15) is 18.0 Å². The lowest BCUT2D eigenvalue weighted by atomic mass is 9.80. The van der Waals surface area contributed by atoms with Crippen LogP contribution >= 0.6 is 0 Å². The molecule has 6 heteroatoms. The highest BCUT2D eigenvalue weighted by molar-refractivity contribution is 5.80. The van der Waals surface area contributed by atoms with E-state index in [0.717, 1.165) is 6.42 Å². The summed E-state index contributed by atoms with van der Waals surface area (Å²) < 4.78 is 38.2. The first kappa shape index (κ1) is 14.2. The van der Waals surface area contributed by atoms with E-state index >= 15 is 0 Å². The Morgan fingerprint density at radius 3 is 2.58 bits per heavy atom. The minimum atomic E-state index is -4.21. The van der Waals surface area contributed by atoms with Gasteiger partial charge in [-0.15, -0.1) is 0 Å². The Labute approximate surface area is 110 Å². The number of alkyl halides is 3. The first-order valence-corrected chi connectivity index (χ1v) is 6.70. The van der Waals surface area contributed by atoms with Crippen molar-refractivity contribution in [2.45, 2.75) is 50.7 Å². The van der Waals surface area contributed by atoms with Gasteiger partial charge in [-0.2, -0.15) is 18.4 Å². The summed E-state index contributed by atoms with van der Waals surface area (Å²) in [6.07, 6.45) is -1.85. The molecule has 3 atom stereocenters. The summed E-state index contributed by atoms with van der Waals surface area (Å²) in [4.78, 5) is 13.7. The summed E-state index contributed by atoms with van der Waals surface area (Å²) >= 11 is 0. The van der Waals surface area contributed by atoms with E-state index in [2.05, 4.69) is 6.07 Å². The van der Waals surface area contributed by atoms with Gasteiger partial charge in [0.2, 0.25) is 5.91 Å². The van der Waals surface area contributed by atoms with Crippen molar-refractivity contribution >= 4 is 5.91 Å². The summed E-state index contributed by atoms with van der Waals surface area (Å²) in [6, 6.07) is 1.61. The van der Waals surface area contributed by atoms with Gasteiger partial charge in [0.1, 0.15) is 6.04 Å². The van der Waals surface area contributed by atoms with Gasteiger partial charge in [0.25, 0.3) is 0 Å². The Morgan fingerprint density at radius 2 is 1.95 bits per heavy atom. The Bertz CT molecular complexity index is 388.